The first-order chi connectivity index (χ1) is 13.3. The van der Waals surface area contributed by atoms with Gasteiger partial charge in [-0.25, -0.2) is 12.8 Å². The van der Waals surface area contributed by atoms with E-state index < -0.39 is 15.9 Å². The van der Waals surface area contributed by atoms with E-state index in [0.717, 1.165) is 0 Å². The highest BCUT2D eigenvalue weighted by atomic mass is 35.5. The third-order valence-electron chi connectivity index (χ3n) is 4.22. The van der Waals surface area contributed by atoms with Gasteiger partial charge in [0, 0.05) is 19.6 Å². The van der Waals surface area contributed by atoms with Crippen LogP contribution >= 0.6 is 23.2 Å². The molecule has 1 aliphatic heterocycles. The summed E-state index contributed by atoms with van der Waals surface area (Å²) < 4.78 is 45.2. The summed E-state index contributed by atoms with van der Waals surface area (Å²) in [6, 6.07) is 8.05. The number of nitrogens with one attached hydrogen (secondary N) is 1. The number of ether oxygens (including phenoxy) is 1. The number of amides is 1. The van der Waals surface area contributed by atoms with Crippen molar-refractivity contribution in [2.24, 2.45) is 0 Å². The molecule has 0 unspecified atom stereocenters. The monoisotopic (exact) mass is 446 g/mol. The van der Waals surface area contributed by atoms with E-state index >= 15 is 0 Å². The number of benzene rings is 2. The number of rotatable bonds is 5. The van der Waals surface area contributed by atoms with Crippen molar-refractivity contribution in [3.05, 3.63) is 63.4 Å². The molecule has 0 aliphatic carbocycles. The summed E-state index contributed by atoms with van der Waals surface area (Å²) in [6.45, 7) is 1.11. The molecule has 1 amide bonds. The topological polar surface area (TPSA) is 75.7 Å². The Bertz CT molecular complexity index is 978. The fourth-order valence-corrected chi connectivity index (χ4v) is 4.95. The molecule has 28 heavy (non-hydrogen) atoms. The Morgan fingerprint density at radius 1 is 1.11 bits per heavy atom. The Kier molecular flexibility index (Phi) is 6.57. The molecular weight excluding hydrogens is 430 g/mol. The van der Waals surface area contributed by atoms with Crippen molar-refractivity contribution in [1.82, 2.24) is 9.62 Å². The molecule has 150 valence electrons. The van der Waals surface area contributed by atoms with Crippen molar-refractivity contribution in [2.45, 2.75) is 11.4 Å². The molecule has 1 fully saturated rings. The lowest BCUT2D eigenvalue weighted by atomic mass is 10.2. The fraction of sp³-hybridized carbons (Fsp3) is 0.278. The molecule has 0 saturated carbocycles. The van der Waals surface area contributed by atoms with Gasteiger partial charge in [-0.15, -0.1) is 0 Å². The number of hydrogen-bond acceptors (Lipinski definition) is 4. The van der Waals surface area contributed by atoms with Crippen molar-refractivity contribution in [3.8, 4) is 0 Å². The third-order valence-corrected chi connectivity index (χ3v) is 6.90. The molecule has 3 rings (SSSR count). The van der Waals surface area contributed by atoms with Gasteiger partial charge in [-0.05, 0) is 29.8 Å². The minimum absolute atomic E-state index is 0.0139. The van der Waals surface area contributed by atoms with Gasteiger partial charge in [0.2, 0.25) is 10.0 Å². The van der Waals surface area contributed by atoms with Crippen LogP contribution in [0.25, 0.3) is 0 Å². The molecule has 6 nitrogen and oxygen atoms in total. The van der Waals surface area contributed by atoms with Crippen LogP contribution in [-0.4, -0.2) is 44.9 Å². The van der Waals surface area contributed by atoms with Crippen LogP contribution in [0.3, 0.4) is 0 Å². The van der Waals surface area contributed by atoms with Crippen molar-refractivity contribution >= 4 is 39.1 Å². The second-order valence-corrected chi connectivity index (χ2v) is 8.81. The van der Waals surface area contributed by atoms with Crippen molar-refractivity contribution < 1.29 is 22.3 Å². The molecular formula is C18H17Cl2FN2O4S. The number of halogens is 3. The highest BCUT2D eigenvalue weighted by molar-refractivity contribution is 7.89. The number of carbonyl (C=O) groups excluding carboxylic acids is 1. The van der Waals surface area contributed by atoms with Gasteiger partial charge in [-0.1, -0.05) is 35.3 Å². The van der Waals surface area contributed by atoms with Crippen LogP contribution in [0.4, 0.5) is 4.39 Å². The summed E-state index contributed by atoms with van der Waals surface area (Å²) in [4.78, 5) is 12.3. The first-order valence-electron chi connectivity index (χ1n) is 8.38. The minimum Gasteiger partial charge on any atom is -0.379 e. The quantitative estimate of drug-likeness (QED) is 0.765. The van der Waals surface area contributed by atoms with Crippen LogP contribution in [0.1, 0.15) is 15.9 Å². The maximum atomic E-state index is 13.0. The average molecular weight is 447 g/mol. The molecule has 1 aliphatic rings. The van der Waals surface area contributed by atoms with Gasteiger partial charge in [-0.2, -0.15) is 4.31 Å². The predicted octanol–water partition coefficient (Wildman–Crippen LogP) is 3.08. The van der Waals surface area contributed by atoms with Gasteiger partial charge < -0.3 is 10.1 Å². The zero-order valence-electron chi connectivity index (χ0n) is 14.6. The van der Waals surface area contributed by atoms with Crippen LogP contribution in [0.15, 0.2) is 41.3 Å². The zero-order valence-corrected chi connectivity index (χ0v) is 17.0. The SMILES string of the molecule is O=C(NCc1ccc(F)cc1)c1cc(S(=O)(=O)N2CCOCC2)c(Cl)cc1Cl. The van der Waals surface area contributed by atoms with E-state index in [1.165, 1.54) is 40.7 Å². The zero-order chi connectivity index (χ0) is 20.3. The van der Waals surface area contributed by atoms with Crippen LogP contribution in [0.2, 0.25) is 10.0 Å². The second-order valence-electron chi connectivity index (χ2n) is 6.09. The standard InChI is InChI=1S/C18H17Cl2FN2O4S/c19-15-10-16(20)17(28(25,26)23-5-7-27-8-6-23)9-14(15)18(24)22-11-12-1-3-13(21)4-2-12/h1-4,9-10H,5-8,11H2,(H,22,24). The number of hydrogen-bond donors (Lipinski definition) is 1. The fourth-order valence-electron chi connectivity index (χ4n) is 2.71. The average Bonchev–Trinajstić information content (AvgIpc) is 2.68. The molecule has 0 radical (unpaired) electrons. The van der Waals surface area contributed by atoms with Gasteiger partial charge in [-0.3, -0.25) is 4.79 Å². The smallest absolute Gasteiger partial charge is 0.253 e. The van der Waals surface area contributed by atoms with Gasteiger partial charge in [0.05, 0.1) is 28.8 Å². The Labute approximate surface area is 172 Å². The van der Waals surface area contributed by atoms with Crippen LogP contribution in [0.5, 0.6) is 0 Å². The Hall–Kier alpha value is -1.71. The summed E-state index contributed by atoms with van der Waals surface area (Å²) in [5.41, 5.74) is 0.668. The first kappa shape index (κ1) is 21.0. The molecule has 0 aromatic heterocycles. The highest BCUT2D eigenvalue weighted by Gasteiger charge is 2.30. The molecule has 1 heterocycles. The summed E-state index contributed by atoms with van der Waals surface area (Å²) in [6.07, 6.45) is 0. The predicted molar refractivity (Wildman–Crippen MR) is 104 cm³/mol. The summed E-state index contributed by atoms with van der Waals surface area (Å²) >= 11 is 12.2. The lowest BCUT2D eigenvalue weighted by Crippen LogP contribution is -2.40. The minimum atomic E-state index is -3.90. The molecule has 1 N–H and O–H groups in total. The Balaban J connectivity index is 1.84. The van der Waals surface area contributed by atoms with E-state index in [0.29, 0.717) is 5.56 Å². The molecule has 1 saturated heterocycles. The summed E-state index contributed by atoms with van der Waals surface area (Å²) in [5, 5.41) is 2.60. The molecule has 2 aromatic carbocycles. The van der Waals surface area contributed by atoms with E-state index in [-0.39, 0.29) is 59.2 Å². The maximum absolute atomic E-state index is 13.0. The van der Waals surface area contributed by atoms with Crippen molar-refractivity contribution in [3.63, 3.8) is 0 Å². The maximum Gasteiger partial charge on any atom is 0.253 e. The Morgan fingerprint density at radius 3 is 2.39 bits per heavy atom. The van der Waals surface area contributed by atoms with E-state index in [4.69, 9.17) is 27.9 Å². The third kappa shape index (κ3) is 4.64. The Morgan fingerprint density at radius 2 is 1.75 bits per heavy atom. The molecule has 0 bridgehead atoms. The van der Waals surface area contributed by atoms with Crippen LogP contribution in [-0.2, 0) is 21.3 Å². The van der Waals surface area contributed by atoms with Gasteiger partial charge >= 0.3 is 0 Å². The van der Waals surface area contributed by atoms with E-state index in [1.807, 2.05) is 0 Å². The van der Waals surface area contributed by atoms with Crippen LogP contribution in [0, 0.1) is 5.82 Å². The number of morpholine rings is 1. The lowest BCUT2D eigenvalue weighted by molar-refractivity contribution is 0.0730. The molecule has 2 aromatic rings. The largest absolute Gasteiger partial charge is 0.379 e. The first-order valence-corrected chi connectivity index (χ1v) is 10.6. The lowest BCUT2D eigenvalue weighted by Gasteiger charge is -2.26. The molecule has 0 atom stereocenters. The van der Waals surface area contributed by atoms with Crippen molar-refractivity contribution in [2.75, 3.05) is 26.3 Å². The van der Waals surface area contributed by atoms with Gasteiger partial charge in [0.25, 0.3) is 5.91 Å². The van der Waals surface area contributed by atoms with E-state index in [1.54, 1.807) is 0 Å². The van der Waals surface area contributed by atoms with Gasteiger partial charge in [0.15, 0.2) is 0 Å². The molecule has 0 spiro atoms. The van der Waals surface area contributed by atoms with Crippen molar-refractivity contribution in [1.29, 1.82) is 0 Å². The number of carbonyl (C=O) groups is 1. The normalized spacial score (nSPS) is 15.4. The number of nitrogens with zero attached hydrogens (tertiary/aromatic N) is 1. The molecule has 10 heteroatoms. The summed E-state index contributed by atoms with van der Waals surface area (Å²) in [5.74, 6) is -0.946. The summed E-state index contributed by atoms with van der Waals surface area (Å²) in [7, 11) is -3.90. The number of sulfonamides is 1. The van der Waals surface area contributed by atoms with Gasteiger partial charge in [0.1, 0.15) is 10.7 Å². The highest BCUT2D eigenvalue weighted by Crippen LogP contribution is 2.31. The second kappa shape index (κ2) is 8.75. The van der Waals surface area contributed by atoms with E-state index in [2.05, 4.69) is 5.32 Å². The van der Waals surface area contributed by atoms with Crippen LogP contribution < -0.4 is 5.32 Å². The van der Waals surface area contributed by atoms with E-state index in [9.17, 15) is 17.6 Å².